The average molecular weight is 481 g/mol. The number of hydrogen-bond donors (Lipinski definition) is 0. The Bertz CT molecular complexity index is 751. The predicted molar refractivity (Wildman–Crippen MR) is 120 cm³/mol. The van der Waals surface area contributed by atoms with Crippen LogP contribution in [0.1, 0.15) is 55.4 Å². The minimum atomic E-state index is -3.13. The van der Waals surface area contributed by atoms with Crippen molar-refractivity contribution in [2.24, 2.45) is 17.3 Å². The topological polar surface area (TPSA) is 0 Å². The number of rotatable bonds is 2. The molecule has 0 saturated heterocycles. The fourth-order valence-electron chi connectivity index (χ4n) is 5.70. The van der Waals surface area contributed by atoms with Gasteiger partial charge < -0.3 is 0 Å². The maximum atomic E-state index is 2.68. The molecule has 2 atom stereocenters. The fourth-order valence-corrected chi connectivity index (χ4v) is 27.7. The van der Waals surface area contributed by atoms with E-state index < -0.39 is 17.4 Å². The maximum Gasteiger partial charge on any atom is -0.147 e. The second kappa shape index (κ2) is 7.57. The summed E-state index contributed by atoms with van der Waals surface area (Å²) in [7, 11) is 0. The first-order chi connectivity index (χ1) is 10.2. The standard InChI is InChI=1S/C11H17.C8H11.2CH3.2ClH.H2Si.Zr/c1-8-6-9(2)10(7-8)11(3,4)5;1-6-4-7(2)8(3)5-6;;;;;;/h7-8H,1-5H3;4,6H,1-3H3;2*1H3;2*1H;1H2;. The molecule has 0 aromatic carbocycles. The SMILES string of the molecule is CC1=CC(C)[C]([Zr]([CH3])([CH3])(=[SiH2])[C]2=C(C)C(C(C)(C)C)=CC2C)=C1C.Cl.Cl. The summed E-state index contributed by atoms with van der Waals surface area (Å²) in [6.07, 6.45) is 5.06. The van der Waals surface area contributed by atoms with Gasteiger partial charge in [-0.15, -0.1) is 24.8 Å². The van der Waals surface area contributed by atoms with Crippen LogP contribution >= 0.6 is 24.8 Å². The number of allylic oxidation sites excluding steroid dienone is 8. The van der Waals surface area contributed by atoms with Gasteiger partial charge in [-0.05, 0) is 0 Å². The van der Waals surface area contributed by atoms with Crippen molar-refractivity contribution in [3.8, 4) is 0 Å². The molecule has 144 valence electrons. The second-order valence-corrected chi connectivity index (χ2v) is 38.4. The molecule has 0 amide bonds. The van der Waals surface area contributed by atoms with E-state index in [0.29, 0.717) is 11.8 Å². The Labute approximate surface area is 171 Å². The van der Waals surface area contributed by atoms with Gasteiger partial charge in [-0.25, -0.2) is 0 Å². The molecule has 2 aliphatic rings. The van der Waals surface area contributed by atoms with Gasteiger partial charge in [-0.2, -0.15) is 0 Å². The van der Waals surface area contributed by atoms with Crippen molar-refractivity contribution in [3.05, 3.63) is 41.0 Å². The van der Waals surface area contributed by atoms with Crippen LogP contribution in [0.2, 0.25) is 9.26 Å². The first kappa shape index (κ1) is 25.6. The van der Waals surface area contributed by atoms with E-state index >= 15 is 0 Å². The molecule has 2 aliphatic carbocycles. The van der Waals surface area contributed by atoms with Crippen LogP contribution in [-0.4, -0.2) is 6.88 Å². The van der Waals surface area contributed by atoms with Crippen molar-refractivity contribution in [1.29, 1.82) is 0 Å². The largest absolute Gasteiger partial charge is 0.147 e. The maximum absolute atomic E-state index is 3.13. The monoisotopic (exact) mass is 478 g/mol. The predicted octanol–water partition coefficient (Wildman–Crippen LogP) is 6.93. The van der Waals surface area contributed by atoms with Crippen LogP contribution in [0.25, 0.3) is 0 Å². The van der Waals surface area contributed by atoms with E-state index in [1.165, 1.54) is 5.57 Å². The zero-order valence-corrected chi connectivity index (χ0v) is 23.3. The Kier molecular flexibility index (Phi) is 7.77. The van der Waals surface area contributed by atoms with Crippen LogP contribution < -0.4 is 0 Å². The van der Waals surface area contributed by atoms with Crippen molar-refractivity contribution < 1.29 is 17.4 Å². The molecule has 2 rings (SSSR count). The molecular weight excluding hydrogens is 442 g/mol. The molecule has 0 heterocycles. The van der Waals surface area contributed by atoms with Crippen LogP contribution in [0.5, 0.6) is 0 Å². The normalized spacial score (nSPS) is 24.8. The zero-order valence-electron chi connectivity index (χ0n) is 17.8. The summed E-state index contributed by atoms with van der Waals surface area (Å²) in [6.45, 7) is 21.4. The number of hydrogen-bond acceptors (Lipinski definition) is 0. The summed E-state index contributed by atoms with van der Waals surface area (Å²) in [4.78, 5) is 0. The average Bonchev–Trinajstić information content (AvgIpc) is 2.76. The summed E-state index contributed by atoms with van der Waals surface area (Å²) in [5, 5.41) is 0. The third-order valence-corrected chi connectivity index (χ3v) is 23.2. The molecule has 0 aromatic heterocycles. The van der Waals surface area contributed by atoms with Crippen molar-refractivity contribution in [1.82, 2.24) is 0 Å². The van der Waals surface area contributed by atoms with Gasteiger partial charge in [0.2, 0.25) is 0 Å². The van der Waals surface area contributed by atoms with Gasteiger partial charge in [-0.1, -0.05) is 0 Å². The van der Waals surface area contributed by atoms with Crippen LogP contribution in [0, 0.1) is 17.3 Å². The Morgan fingerprint density at radius 3 is 1.56 bits per heavy atom. The second-order valence-electron chi connectivity index (χ2n) is 10.0. The van der Waals surface area contributed by atoms with E-state index in [4.69, 9.17) is 0 Å². The van der Waals surface area contributed by atoms with Crippen LogP contribution in [0.3, 0.4) is 0 Å². The summed E-state index contributed by atoms with van der Waals surface area (Å²) in [6, 6.07) is 0. The van der Waals surface area contributed by atoms with Crippen LogP contribution in [0.4, 0.5) is 0 Å². The van der Waals surface area contributed by atoms with Gasteiger partial charge in [0.15, 0.2) is 0 Å². The molecule has 25 heavy (non-hydrogen) atoms. The zero-order chi connectivity index (χ0) is 18.0. The summed E-state index contributed by atoms with van der Waals surface area (Å²) in [5.41, 5.74) is 6.56. The van der Waals surface area contributed by atoms with Crippen molar-refractivity contribution >= 4 is 31.7 Å². The molecule has 0 aliphatic heterocycles. The van der Waals surface area contributed by atoms with Gasteiger partial charge in [-0.3, -0.25) is 0 Å². The molecule has 0 aromatic rings. The van der Waals surface area contributed by atoms with E-state index in [1.54, 1.807) is 16.7 Å². The smallest absolute Gasteiger partial charge is 0.147 e. The Morgan fingerprint density at radius 1 is 0.840 bits per heavy atom. The number of halogens is 2. The van der Waals surface area contributed by atoms with Crippen molar-refractivity contribution in [2.45, 2.75) is 64.7 Å². The van der Waals surface area contributed by atoms with E-state index in [9.17, 15) is 0 Å². The molecule has 0 N–H and O–H groups in total. The molecule has 2 unspecified atom stereocenters. The summed E-state index contributed by atoms with van der Waals surface area (Å²) in [5.74, 6) is 1.23. The van der Waals surface area contributed by atoms with Gasteiger partial charge in [0, 0.05) is 0 Å². The van der Waals surface area contributed by atoms with Gasteiger partial charge in [0.05, 0.1) is 0 Å². The van der Waals surface area contributed by atoms with Gasteiger partial charge in [0.25, 0.3) is 0 Å². The van der Waals surface area contributed by atoms with Crippen molar-refractivity contribution in [3.63, 3.8) is 0 Å². The third-order valence-electron chi connectivity index (χ3n) is 6.17. The van der Waals surface area contributed by atoms with Gasteiger partial charge >= 0.3 is 147 Å². The molecular formula is C21H38Cl2SiZr. The minimum Gasteiger partial charge on any atom is -0.147 e. The third kappa shape index (κ3) is 4.23. The molecule has 0 saturated carbocycles. The molecule has 0 spiro atoms. The first-order valence-electron chi connectivity index (χ1n) is 9.08. The van der Waals surface area contributed by atoms with Crippen LogP contribution in [0.15, 0.2) is 41.0 Å². The molecule has 0 nitrogen and oxygen atoms in total. The molecule has 4 heteroatoms. The molecule has 0 fully saturated rings. The summed E-state index contributed by atoms with van der Waals surface area (Å²) >= 11 is -3.13. The first-order valence-corrected chi connectivity index (χ1v) is 22.4. The Morgan fingerprint density at radius 2 is 1.24 bits per heavy atom. The van der Waals surface area contributed by atoms with Crippen LogP contribution in [-0.2, 0) is 17.4 Å². The van der Waals surface area contributed by atoms with E-state index in [2.05, 4.69) is 83.7 Å². The van der Waals surface area contributed by atoms with E-state index in [0.717, 1.165) is 0 Å². The van der Waals surface area contributed by atoms with Gasteiger partial charge in [0.1, 0.15) is 0 Å². The Hall–Kier alpha value is 0.640. The van der Waals surface area contributed by atoms with E-state index in [1.807, 2.05) is 6.56 Å². The molecule has 0 radical (unpaired) electrons. The van der Waals surface area contributed by atoms with E-state index in [-0.39, 0.29) is 30.2 Å². The molecule has 0 bridgehead atoms. The quantitative estimate of drug-likeness (QED) is 0.376. The van der Waals surface area contributed by atoms with Crippen molar-refractivity contribution in [2.75, 3.05) is 0 Å². The Balaban J connectivity index is 0.00000288. The fraction of sp³-hybridized carbons (Fsp3) is 0.619. The summed E-state index contributed by atoms with van der Waals surface area (Å²) < 4.78 is 9.01. The minimum absolute atomic E-state index is 0.